The van der Waals surface area contributed by atoms with Crippen LogP contribution in [0.2, 0.25) is 0 Å². The molecule has 0 saturated heterocycles. The van der Waals surface area contributed by atoms with E-state index in [2.05, 4.69) is 29.3 Å². The highest BCUT2D eigenvalue weighted by Crippen LogP contribution is 2.27. The van der Waals surface area contributed by atoms with E-state index >= 15 is 0 Å². The Labute approximate surface area is 101 Å². The summed E-state index contributed by atoms with van der Waals surface area (Å²) < 4.78 is 5.59. The summed E-state index contributed by atoms with van der Waals surface area (Å²) >= 11 is 0. The Morgan fingerprint density at radius 1 is 1.12 bits per heavy atom. The summed E-state index contributed by atoms with van der Waals surface area (Å²) in [6, 6.07) is 3.98. The molecule has 1 aromatic carbocycles. The van der Waals surface area contributed by atoms with E-state index in [-0.39, 0.29) is 6.04 Å². The summed E-state index contributed by atoms with van der Waals surface area (Å²) in [4.78, 5) is 0. The van der Waals surface area contributed by atoms with Gasteiger partial charge in [0.05, 0.1) is 6.04 Å². The van der Waals surface area contributed by atoms with Crippen LogP contribution in [0.25, 0.3) is 11.5 Å². The average molecular weight is 231 g/mol. The van der Waals surface area contributed by atoms with Crippen molar-refractivity contribution in [3.63, 3.8) is 0 Å². The third-order valence-electron chi connectivity index (χ3n) is 2.72. The molecule has 90 valence electrons. The van der Waals surface area contributed by atoms with Gasteiger partial charge in [-0.1, -0.05) is 17.7 Å². The normalized spacial score (nSPS) is 12.8. The van der Waals surface area contributed by atoms with Gasteiger partial charge in [-0.05, 0) is 38.8 Å². The van der Waals surface area contributed by atoms with Crippen LogP contribution in [0.3, 0.4) is 0 Å². The predicted molar refractivity (Wildman–Crippen MR) is 66.5 cm³/mol. The highest BCUT2D eigenvalue weighted by molar-refractivity contribution is 5.63. The number of nitrogens with two attached hydrogens (primary N) is 1. The molecule has 0 aliphatic carbocycles. The number of aromatic nitrogens is 2. The van der Waals surface area contributed by atoms with Gasteiger partial charge in [0.1, 0.15) is 0 Å². The van der Waals surface area contributed by atoms with Crippen LogP contribution in [-0.2, 0) is 0 Å². The summed E-state index contributed by atoms with van der Waals surface area (Å²) in [6.45, 7) is 7.99. The topological polar surface area (TPSA) is 64.9 Å². The fourth-order valence-electron chi connectivity index (χ4n) is 2.04. The van der Waals surface area contributed by atoms with Crippen LogP contribution in [0.5, 0.6) is 0 Å². The van der Waals surface area contributed by atoms with Crippen molar-refractivity contribution in [3.05, 3.63) is 34.7 Å². The molecule has 0 aliphatic heterocycles. The molecule has 4 heteroatoms. The maximum absolute atomic E-state index is 5.71. The van der Waals surface area contributed by atoms with E-state index in [4.69, 9.17) is 10.2 Å². The van der Waals surface area contributed by atoms with Crippen LogP contribution in [0.15, 0.2) is 16.5 Å². The minimum absolute atomic E-state index is 0.234. The first kappa shape index (κ1) is 11.8. The molecule has 2 rings (SSSR count). The van der Waals surface area contributed by atoms with Crippen molar-refractivity contribution in [2.75, 3.05) is 0 Å². The molecular weight excluding hydrogens is 214 g/mol. The molecule has 0 saturated carbocycles. The summed E-state index contributed by atoms with van der Waals surface area (Å²) in [7, 11) is 0. The van der Waals surface area contributed by atoms with Gasteiger partial charge >= 0.3 is 0 Å². The number of hydrogen-bond donors (Lipinski definition) is 1. The van der Waals surface area contributed by atoms with Gasteiger partial charge in [0.15, 0.2) is 0 Å². The molecule has 17 heavy (non-hydrogen) atoms. The standard InChI is InChI=1S/C13H17N3O/c1-7-5-8(2)11(9(3)6-7)13-16-15-12(17-13)10(4)14/h5-6,10H,14H2,1-4H3. The largest absolute Gasteiger partial charge is 0.419 e. The zero-order valence-corrected chi connectivity index (χ0v) is 10.6. The minimum Gasteiger partial charge on any atom is -0.419 e. The zero-order valence-electron chi connectivity index (χ0n) is 10.6. The first-order chi connectivity index (χ1) is 7.99. The van der Waals surface area contributed by atoms with E-state index < -0.39 is 0 Å². The fourth-order valence-corrected chi connectivity index (χ4v) is 2.04. The second kappa shape index (κ2) is 4.30. The lowest BCUT2D eigenvalue weighted by molar-refractivity contribution is 0.473. The Morgan fingerprint density at radius 2 is 1.71 bits per heavy atom. The Morgan fingerprint density at radius 3 is 2.18 bits per heavy atom. The Kier molecular flexibility index (Phi) is 2.98. The molecule has 1 aromatic heterocycles. The van der Waals surface area contributed by atoms with Gasteiger partial charge in [0.25, 0.3) is 0 Å². The Bertz CT molecular complexity index is 520. The first-order valence-electron chi connectivity index (χ1n) is 5.66. The second-order valence-corrected chi connectivity index (χ2v) is 4.51. The van der Waals surface area contributed by atoms with Gasteiger partial charge in [0.2, 0.25) is 11.8 Å². The van der Waals surface area contributed by atoms with Gasteiger partial charge in [-0.3, -0.25) is 0 Å². The van der Waals surface area contributed by atoms with Gasteiger partial charge in [-0.15, -0.1) is 10.2 Å². The van der Waals surface area contributed by atoms with E-state index in [1.165, 1.54) is 5.56 Å². The molecule has 0 fully saturated rings. The van der Waals surface area contributed by atoms with Crippen molar-refractivity contribution in [3.8, 4) is 11.5 Å². The van der Waals surface area contributed by atoms with E-state index in [9.17, 15) is 0 Å². The maximum Gasteiger partial charge on any atom is 0.248 e. The third-order valence-corrected chi connectivity index (χ3v) is 2.72. The average Bonchev–Trinajstić information content (AvgIpc) is 2.65. The van der Waals surface area contributed by atoms with Gasteiger partial charge in [-0.2, -0.15) is 0 Å². The van der Waals surface area contributed by atoms with Crippen LogP contribution in [0, 0.1) is 20.8 Å². The Hall–Kier alpha value is -1.68. The maximum atomic E-state index is 5.71. The predicted octanol–water partition coefficient (Wildman–Crippen LogP) is 2.68. The van der Waals surface area contributed by atoms with Crippen LogP contribution < -0.4 is 5.73 Å². The second-order valence-electron chi connectivity index (χ2n) is 4.51. The van der Waals surface area contributed by atoms with Crippen molar-refractivity contribution in [2.24, 2.45) is 5.73 Å². The summed E-state index contributed by atoms with van der Waals surface area (Å²) in [5, 5.41) is 8.02. The molecule has 0 aliphatic rings. The van der Waals surface area contributed by atoms with E-state index in [1.807, 2.05) is 20.8 Å². The zero-order chi connectivity index (χ0) is 12.6. The summed E-state index contributed by atoms with van der Waals surface area (Å²) in [5.41, 5.74) is 10.2. The lowest BCUT2D eigenvalue weighted by Gasteiger charge is -2.07. The molecule has 0 radical (unpaired) electrons. The first-order valence-corrected chi connectivity index (χ1v) is 5.66. The number of benzene rings is 1. The smallest absolute Gasteiger partial charge is 0.248 e. The molecule has 2 aromatic rings. The Balaban J connectivity index is 2.52. The molecule has 1 unspecified atom stereocenters. The van der Waals surface area contributed by atoms with Crippen LogP contribution in [0.4, 0.5) is 0 Å². The number of hydrogen-bond acceptors (Lipinski definition) is 4. The fraction of sp³-hybridized carbons (Fsp3) is 0.385. The van der Waals surface area contributed by atoms with Crippen molar-refractivity contribution in [1.82, 2.24) is 10.2 Å². The minimum atomic E-state index is -0.234. The van der Waals surface area contributed by atoms with E-state index in [1.54, 1.807) is 0 Å². The molecule has 2 N–H and O–H groups in total. The molecule has 4 nitrogen and oxygen atoms in total. The monoisotopic (exact) mass is 231 g/mol. The third kappa shape index (κ3) is 2.22. The number of rotatable bonds is 2. The molecule has 0 amide bonds. The molecule has 0 spiro atoms. The van der Waals surface area contributed by atoms with Crippen LogP contribution in [0.1, 0.15) is 35.5 Å². The van der Waals surface area contributed by atoms with Crippen molar-refractivity contribution < 1.29 is 4.42 Å². The van der Waals surface area contributed by atoms with Crippen molar-refractivity contribution in [2.45, 2.75) is 33.7 Å². The number of nitrogens with zero attached hydrogens (tertiary/aromatic N) is 2. The van der Waals surface area contributed by atoms with Gasteiger partial charge in [0, 0.05) is 5.56 Å². The van der Waals surface area contributed by atoms with E-state index in [0.717, 1.165) is 16.7 Å². The SMILES string of the molecule is Cc1cc(C)c(-c2nnc(C(C)N)o2)c(C)c1. The highest BCUT2D eigenvalue weighted by Gasteiger charge is 2.15. The molecule has 1 atom stereocenters. The quantitative estimate of drug-likeness (QED) is 0.863. The molecular formula is C13H17N3O. The summed E-state index contributed by atoms with van der Waals surface area (Å²) in [6.07, 6.45) is 0. The highest BCUT2D eigenvalue weighted by atomic mass is 16.4. The van der Waals surface area contributed by atoms with Crippen molar-refractivity contribution in [1.29, 1.82) is 0 Å². The summed E-state index contributed by atoms with van der Waals surface area (Å²) in [5.74, 6) is 1.02. The van der Waals surface area contributed by atoms with Crippen molar-refractivity contribution >= 4 is 0 Å². The molecule has 1 heterocycles. The lowest BCUT2D eigenvalue weighted by atomic mass is 10.00. The lowest BCUT2D eigenvalue weighted by Crippen LogP contribution is -2.04. The van der Waals surface area contributed by atoms with Gasteiger partial charge < -0.3 is 10.2 Å². The van der Waals surface area contributed by atoms with E-state index in [0.29, 0.717) is 11.8 Å². The van der Waals surface area contributed by atoms with Crippen LogP contribution >= 0.6 is 0 Å². The number of aryl methyl sites for hydroxylation is 3. The van der Waals surface area contributed by atoms with Gasteiger partial charge in [-0.25, -0.2) is 0 Å². The molecule has 0 bridgehead atoms. The van der Waals surface area contributed by atoms with Crippen LogP contribution in [-0.4, -0.2) is 10.2 Å².